The number of nitrogens with one attached hydrogen (secondary N) is 1. The molecule has 0 aliphatic carbocycles. The van der Waals surface area contributed by atoms with E-state index in [1.807, 2.05) is 32.9 Å². The number of nitrogens with zero attached hydrogens (tertiary/aromatic N) is 1. The monoisotopic (exact) mass is 256 g/mol. The third kappa shape index (κ3) is 5.68. The van der Waals surface area contributed by atoms with Crippen LogP contribution in [0.15, 0.2) is 24.3 Å². The summed E-state index contributed by atoms with van der Waals surface area (Å²) in [5, 5.41) is 1.96. The summed E-state index contributed by atoms with van der Waals surface area (Å²) in [7, 11) is 0. The lowest BCUT2D eigenvalue weighted by Crippen LogP contribution is -2.41. The van der Waals surface area contributed by atoms with E-state index in [4.69, 9.17) is 16.4 Å². The Morgan fingerprint density at radius 1 is 1.47 bits per heavy atom. The molecule has 0 radical (unpaired) electrons. The lowest BCUT2D eigenvalue weighted by Gasteiger charge is -2.25. The van der Waals surface area contributed by atoms with E-state index in [0.717, 1.165) is 5.56 Å². The molecular formula is C12H17ClN2O2. The molecule has 4 nitrogen and oxygen atoms in total. The number of rotatable bonds is 5. The van der Waals surface area contributed by atoms with Crippen LogP contribution in [0.2, 0.25) is 5.02 Å². The summed E-state index contributed by atoms with van der Waals surface area (Å²) in [6, 6.07) is 7.32. The molecule has 1 N–H and O–H groups in total. The summed E-state index contributed by atoms with van der Waals surface area (Å²) >= 11 is 5.86. The molecule has 0 spiro atoms. The average molecular weight is 257 g/mol. The zero-order valence-electron chi connectivity index (χ0n) is 10.2. The smallest absolute Gasteiger partial charge is 0.225 e. The van der Waals surface area contributed by atoms with Gasteiger partial charge in [-0.05, 0) is 38.5 Å². The lowest BCUT2D eigenvalue weighted by molar-refractivity contribution is -0.166. The topological polar surface area (TPSA) is 41.6 Å². The van der Waals surface area contributed by atoms with E-state index >= 15 is 0 Å². The van der Waals surface area contributed by atoms with Crippen molar-refractivity contribution in [1.82, 2.24) is 10.6 Å². The Balaban J connectivity index is 2.55. The van der Waals surface area contributed by atoms with Crippen LogP contribution in [-0.4, -0.2) is 17.0 Å². The minimum absolute atomic E-state index is 0.365. The third-order valence-corrected chi connectivity index (χ3v) is 2.07. The van der Waals surface area contributed by atoms with Crippen LogP contribution in [0.1, 0.15) is 26.3 Å². The lowest BCUT2D eigenvalue weighted by atomic mass is 10.2. The second-order valence-electron chi connectivity index (χ2n) is 4.67. The average Bonchev–Trinajstić information content (AvgIpc) is 2.23. The van der Waals surface area contributed by atoms with Crippen molar-refractivity contribution in [2.75, 3.05) is 0 Å². The zero-order valence-corrected chi connectivity index (χ0v) is 11.0. The molecule has 1 aromatic rings. The minimum Gasteiger partial charge on any atom is -0.277 e. The van der Waals surface area contributed by atoms with Gasteiger partial charge in [-0.1, -0.05) is 23.7 Å². The van der Waals surface area contributed by atoms with Crippen molar-refractivity contribution in [3.8, 4) is 0 Å². The molecule has 0 bridgehead atoms. The largest absolute Gasteiger partial charge is 0.277 e. The van der Waals surface area contributed by atoms with Gasteiger partial charge in [0.15, 0.2) is 0 Å². The highest BCUT2D eigenvalue weighted by Gasteiger charge is 2.12. The maximum absolute atomic E-state index is 10.9. The molecule has 94 valence electrons. The Morgan fingerprint density at radius 3 is 2.71 bits per heavy atom. The molecule has 17 heavy (non-hydrogen) atoms. The number of hydrazine groups is 1. The first kappa shape index (κ1) is 14.0. The summed E-state index contributed by atoms with van der Waals surface area (Å²) in [4.78, 5) is 16.2. The van der Waals surface area contributed by atoms with Gasteiger partial charge >= 0.3 is 0 Å². The Morgan fingerprint density at radius 2 is 2.18 bits per heavy atom. The highest BCUT2D eigenvalue weighted by atomic mass is 35.5. The van der Waals surface area contributed by atoms with Gasteiger partial charge in [0.25, 0.3) is 0 Å². The number of amides is 1. The molecular weight excluding hydrogens is 240 g/mol. The molecule has 1 aromatic carbocycles. The molecule has 0 aliphatic heterocycles. The summed E-state index contributed by atoms with van der Waals surface area (Å²) in [6.45, 7) is 6.06. The molecule has 1 rings (SSSR count). The number of halogens is 1. The van der Waals surface area contributed by atoms with E-state index in [2.05, 4.69) is 5.59 Å². The predicted octanol–water partition coefficient (Wildman–Crippen LogP) is 2.53. The number of hydrogen-bond acceptors (Lipinski definition) is 3. The molecule has 0 fully saturated rings. The van der Waals surface area contributed by atoms with Crippen LogP contribution in [0.4, 0.5) is 0 Å². The first-order chi connectivity index (χ1) is 7.90. The Kier molecular flexibility index (Phi) is 4.93. The van der Waals surface area contributed by atoms with Crippen molar-refractivity contribution in [2.24, 2.45) is 0 Å². The Labute approximate surface area is 106 Å². The SMILES string of the molecule is CC(C)(C)ONN(C=O)Cc1cccc(Cl)c1. The fraction of sp³-hybridized carbons (Fsp3) is 0.417. The number of benzene rings is 1. The van der Waals surface area contributed by atoms with E-state index < -0.39 is 0 Å². The molecule has 0 saturated carbocycles. The summed E-state index contributed by atoms with van der Waals surface area (Å²) in [6.07, 6.45) is 0.673. The van der Waals surface area contributed by atoms with Crippen LogP contribution in [0, 0.1) is 0 Å². The van der Waals surface area contributed by atoms with Gasteiger partial charge in [-0.2, -0.15) is 0 Å². The van der Waals surface area contributed by atoms with Gasteiger partial charge in [-0.15, -0.1) is 5.59 Å². The summed E-state index contributed by atoms with van der Waals surface area (Å²) in [5.74, 6) is 0. The van der Waals surface area contributed by atoms with E-state index in [0.29, 0.717) is 18.0 Å². The predicted molar refractivity (Wildman–Crippen MR) is 67.0 cm³/mol. The molecule has 0 unspecified atom stereocenters. The summed E-state index contributed by atoms with van der Waals surface area (Å²) in [5.41, 5.74) is 3.16. The molecule has 0 aromatic heterocycles. The maximum Gasteiger partial charge on any atom is 0.225 e. The highest BCUT2D eigenvalue weighted by molar-refractivity contribution is 6.30. The molecule has 1 amide bonds. The first-order valence-corrected chi connectivity index (χ1v) is 5.68. The highest BCUT2D eigenvalue weighted by Crippen LogP contribution is 2.12. The number of carbonyl (C=O) groups excluding carboxylic acids is 1. The standard InChI is InChI=1S/C12H17ClN2O2/c1-12(2,3)17-14-15(9-16)8-10-5-4-6-11(13)7-10/h4-7,9,14H,8H2,1-3H3. The van der Waals surface area contributed by atoms with Gasteiger partial charge in [0, 0.05) is 5.02 Å². The molecule has 0 heterocycles. The second-order valence-corrected chi connectivity index (χ2v) is 5.11. The van der Waals surface area contributed by atoms with Crippen molar-refractivity contribution in [1.29, 1.82) is 0 Å². The van der Waals surface area contributed by atoms with Gasteiger partial charge in [0.05, 0.1) is 12.1 Å². The van der Waals surface area contributed by atoms with Crippen LogP contribution in [-0.2, 0) is 16.2 Å². The van der Waals surface area contributed by atoms with Crippen LogP contribution >= 0.6 is 11.6 Å². The minimum atomic E-state index is -0.365. The van der Waals surface area contributed by atoms with Crippen molar-refractivity contribution in [3.63, 3.8) is 0 Å². The summed E-state index contributed by atoms with van der Waals surface area (Å²) < 4.78 is 0. The number of hydrogen-bond donors (Lipinski definition) is 1. The van der Waals surface area contributed by atoms with Crippen molar-refractivity contribution in [3.05, 3.63) is 34.9 Å². The Bertz CT molecular complexity index is 377. The first-order valence-electron chi connectivity index (χ1n) is 5.31. The second kappa shape index (κ2) is 6.00. The molecule has 5 heteroatoms. The van der Waals surface area contributed by atoms with Gasteiger partial charge in [0.1, 0.15) is 0 Å². The van der Waals surface area contributed by atoms with Crippen molar-refractivity contribution < 1.29 is 9.63 Å². The third-order valence-electron chi connectivity index (χ3n) is 1.84. The molecule has 0 saturated heterocycles. The molecule has 0 aliphatic rings. The van der Waals surface area contributed by atoms with Gasteiger partial charge < -0.3 is 0 Å². The van der Waals surface area contributed by atoms with Crippen LogP contribution in [0.5, 0.6) is 0 Å². The van der Waals surface area contributed by atoms with Gasteiger partial charge in [-0.3, -0.25) is 14.6 Å². The van der Waals surface area contributed by atoms with Crippen molar-refractivity contribution >= 4 is 18.0 Å². The zero-order chi connectivity index (χ0) is 12.9. The molecule has 0 atom stereocenters. The maximum atomic E-state index is 10.9. The quantitative estimate of drug-likeness (QED) is 0.650. The van der Waals surface area contributed by atoms with Crippen molar-refractivity contribution in [2.45, 2.75) is 32.9 Å². The Hall–Kier alpha value is -1.10. The fourth-order valence-corrected chi connectivity index (χ4v) is 1.33. The van der Waals surface area contributed by atoms with Crippen LogP contribution in [0.25, 0.3) is 0 Å². The van der Waals surface area contributed by atoms with Gasteiger partial charge in [-0.25, -0.2) is 0 Å². The van der Waals surface area contributed by atoms with Gasteiger partial charge in [0.2, 0.25) is 6.41 Å². The van der Waals surface area contributed by atoms with E-state index in [1.165, 1.54) is 5.01 Å². The normalized spacial score (nSPS) is 11.3. The fourth-order valence-electron chi connectivity index (χ4n) is 1.12. The van der Waals surface area contributed by atoms with Crippen LogP contribution in [0.3, 0.4) is 0 Å². The van der Waals surface area contributed by atoms with Crippen LogP contribution < -0.4 is 5.59 Å². The van der Waals surface area contributed by atoms with E-state index in [9.17, 15) is 4.79 Å². The number of carbonyl (C=O) groups is 1. The van der Waals surface area contributed by atoms with E-state index in [1.54, 1.807) is 12.1 Å². The van der Waals surface area contributed by atoms with E-state index in [-0.39, 0.29) is 5.60 Å².